The van der Waals surface area contributed by atoms with Gasteiger partial charge in [-0.1, -0.05) is 28.9 Å². The van der Waals surface area contributed by atoms with E-state index in [0.717, 1.165) is 33.1 Å². The number of likely N-dealkylation sites (N-methyl/N-ethyl adjacent to an activating group) is 1. The van der Waals surface area contributed by atoms with Crippen molar-refractivity contribution >= 4 is 22.9 Å². The predicted octanol–water partition coefficient (Wildman–Crippen LogP) is 4.40. The molecule has 3 rings (SSSR count). The van der Waals surface area contributed by atoms with Crippen molar-refractivity contribution < 1.29 is 9.32 Å². The van der Waals surface area contributed by atoms with Gasteiger partial charge in [-0.15, -0.1) is 11.3 Å². The lowest BCUT2D eigenvalue weighted by Gasteiger charge is -2.17. The molecule has 136 valence electrons. The zero-order chi connectivity index (χ0) is 18.7. The molecule has 0 fully saturated rings. The molecule has 2 aromatic heterocycles. The van der Waals surface area contributed by atoms with Crippen LogP contribution >= 0.6 is 11.3 Å². The zero-order valence-electron chi connectivity index (χ0n) is 15.5. The van der Waals surface area contributed by atoms with E-state index in [1.54, 1.807) is 11.3 Å². The van der Waals surface area contributed by atoms with Crippen molar-refractivity contribution in [2.45, 2.75) is 27.3 Å². The molecule has 0 radical (unpaired) electrons. The number of anilines is 1. The second-order valence-electron chi connectivity index (χ2n) is 6.65. The molecule has 0 saturated heterocycles. The van der Waals surface area contributed by atoms with Crippen molar-refractivity contribution in [1.82, 2.24) is 10.1 Å². The third-order valence-electron chi connectivity index (χ3n) is 4.11. The highest BCUT2D eigenvalue weighted by Crippen LogP contribution is 2.25. The summed E-state index contributed by atoms with van der Waals surface area (Å²) in [6.45, 7) is 6.92. The van der Waals surface area contributed by atoms with Crippen LogP contribution in [0.1, 0.15) is 22.4 Å². The number of aryl methyl sites for hydroxylation is 3. The number of amides is 1. The molecule has 0 bridgehead atoms. The van der Waals surface area contributed by atoms with Crippen molar-refractivity contribution in [3.63, 3.8) is 0 Å². The van der Waals surface area contributed by atoms with Crippen LogP contribution in [0.5, 0.6) is 0 Å². The Morgan fingerprint density at radius 3 is 2.62 bits per heavy atom. The van der Waals surface area contributed by atoms with Crippen molar-refractivity contribution in [2.24, 2.45) is 0 Å². The van der Waals surface area contributed by atoms with E-state index in [0.29, 0.717) is 6.54 Å². The third-order valence-corrected chi connectivity index (χ3v) is 4.99. The molecular weight excluding hydrogens is 346 g/mol. The molecular formula is C20H23N3O2S. The van der Waals surface area contributed by atoms with E-state index in [1.807, 2.05) is 49.4 Å². The van der Waals surface area contributed by atoms with Gasteiger partial charge in [0.1, 0.15) is 0 Å². The molecule has 2 heterocycles. The van der Waals surface area contributed by atoms with E-state index < -0.39 is 0 Å². The molecule has 1 N–H and O–H groups in total. The SMILES string of the molecule is Cc1cc(C)c(NC(=O)CN(C)Cc2cc(-c3cccs3)on2)c(C)c1. The van der Waals surface area contributed by atoms with Gasteiger partial charge in [0.15, 0.2) is 5.76 Å². The molecule has 0 saturated carbocycles. The van der Waals surface area contributed by atoms with Crippen LogP contribution in [0, 0.1) is 20.8 Å². The van der Waals surface area contributed by atoms with Gasteiger partial charge in [-0.25, -0.2) is 0 Å². The first-order chi connectivity index (χ1) is 12.4. The molecule has 0 aliphatic heterocycles. The van der Waals surface area contributed by atoms with E-state index >= 15 is 0 Å². The number of hydrogen-bond donors (Lipinski definition) is 1. The van der Waals surface area contributed by atoms with Crippen molar-refractivity contribution in [2.75, 3.05) is 18.9 Å². The molecule has 0 aliphatic rings. The minimum Gasteiger partial charge on any atom is -0.355 e. The Morgan fingerprint density at radius 1 is 1.23 bits per heavy atom. The molecule has 0 spiro atoms. The smallest absolute Gasteiger partial charge is 0.238 e. The summed E-state index contributed by atoms with van der Waals surface area (Å²) >= 11 is 1.61. The second kappa shape index (κ2) is 7.85. The predicted molar refractivity (Wildman–Crippen MR) is 105 cm³/mol. The maximum absolute atomic E-state index is 12.4. The van der Waals surface area contributed by atoms with Crippen LogP contribution in [0.25, 0.3) is 10.6 Å². The Labute approximate surface area is 157 Å². The van der Waals surface area contributed by atoms with E-state index in [1.165, 1.54) is 5.56 Å². The first kappa shape index (κ1) is 18.4. The highest BCUT2D eigenvalue weighted by atomic mass is 32.1. The fourth-order valence-electron chi connectivity index (χ4n) is 3.05. The molecule has 1 aromatic carbocycles. The van der Waals surface area contributed by atoms with Gasteiger partial charge in [0.25, 0.3) is 0 Å². The van der Waals surface area contributed by atoms with Gasteiger partial charge in [0.2, 0.25) is 5.91 Å². The number of carbonyl (C=O) groups excluding carboxylic acids is 1. The van der Waals surface area contributed by atoms with Crippen LogP contribution in [0.15, 0.2) is 40.2 Å². The summed E-state index contributed by atoms with van der Waals surface area (Å²) in [5, 5.41) is 9.13. The largest absolute Gasteiger partial charge is 0.355 e. The molecule has 1 amide bonds. The Balaban J connectivity index is 1.58. The summed E-state index contributed by atoms with van der Waals surface area (Å²) < 4.78 is 5.39. The quantitative estimate of drug-likeness (QED) is 0.700. The highest BCUT2D eigenvalue weighted by molar-refractivity contribution is 7.13. The minimum atomic E-state index is -0.0375. The number of hydrogen-bond acceptors (Lipinski definition) is 5. The van der Waals surface area contributed by atoms with Crippen LogP contribution in [0.3, 0.4) is 0 Å². The second-order valence-corrected chi connectivity index (χ2v) is 7.60. The Bertz CT molecular complexity index is 877. The van der Waals surface area contributed by atoms with E-state index in [4.69, 9.17) is 4.52 Å². The monoisotopic (exact) mass is 369 g/mol. The van der Waals surface area contributed by atoms with Crippen LogP contribution in [0.4, 0.5) is 5.69 Å². The normalized spacial score (nSPS) is 11.1. The molecule has 5 nitrogen and oxygen atoms in total. The van der Waals surface area contributed by atoms with Crippen LogP contribution < -0.4 is 5.32 Å². The van der Waals surface area contributed by atoms with Crippen LogP contribution in [-0.4, -0.2) is 29.6 Å². The number of carbonyl (C=O) groups is 1. The lowest BCUT2D eigenvalue weighted by atomic mass is 10.1. The lowest BCUT2D eigenvalue weighted by Crippen LogP contribution is -2.30. The van der Waals surface area contributed by atoms with E-state index in [-0.39, 0.29) is 12.5 Å². The van der Waals surface area contributed by atoms with Crippen molar-refractivity contribution in [3.05, 3.63) is 58.1 Å². The number of thiophene rings is 1. The first-order valence-corrected chi connectivity index (χ1v) is 9.36. The van der Waals surface area contributed by atoms with E-state index in [9.17, 15) is 4.79 Å². The summed E-state index contributed by atoms with van der Waals surface area (Å²) in [6.07, 6.45) is 0. The maximum atomic E-state index is 12.4. The van der Waals surface area contributed by atoms with Crippen molar-refractivity contribution in [1.29, 1.82) is 0 Å². The summed E-state index contributed by atoms with van der Waals surface area (Å²) in [4.78, 5) is 15.4. The van der Waals surface area contributed by atoms with Gasteiger partial charge in [-0.05, 0) is 50.4 Å². The Kier molecular flexibility index (Phi) is 5.54. The van der Waals surface area contributed by atoms with Crippen LogP contribution in [0.2, 0.25) is 0 Å². The van der Waals surface area contributed by atoms with Gasteiger partial charge in [-0.3, -0.25) is 9.69 Å². The maximum Gasteiger partial charge on any atom is 0.238 e. The van der Waals surface area contributed by atoms with Gasteiger partial charge in [-0.2, -0.15) is 0 Å². The van der Waals surface area contributed by atoms with Gasteiger partial charge >= 0.3 is 0 Å². The van der Waals surface area contributed by atoms with Gasteiger partial charge in [0.05, 0.1) is 17.1 Å². The summed E-state index contributed by atoms with van der Waals surface area (Å²) in [5.41, 5.74) is 5.07. The Hall–Kier alpha value is -2.44. The number of rotatable bonds is 6. The first-order valence-electron chi connectivity index (χ1n) is 8.48. The topological polar surface area (TPSA) is 58.4 Å². The highest BCUT2D eigenvalue weighted by Gasteiger charge is 2.13. The van der Waals surface area contributed by atoms with Crippen LogP contribution in [-0.2, 0) is 11.3 Å². The average Bonchev–Trinajstić information content (AvgIpc) is 3.21. The van der Waals surface area contributed by atoms with Crippen molar-refractivity contribution in [3.8, 4) is 10.6 Å². The van der Waals surface area contributed by atoms with Gasteiger partial charge in [0, 0.05) is 18.3 Å². The molecule has 0 unspecified atom stereocenters. The summed E-state index contributed by atoms with van der Waals surface area (Å²) in [5.74, 6) is 0.725. The number of nitrogens with zero attached hydrogens (tertiary/aromatic N) is 2. The molecule has 3 aromatic rings. The van der Waals surface area contributed by atoms with Gasteiger partial charge < -0.3 is 9.84 Å². The number of benzene rings is 1. The van der Waals surface area contributed by atoms with E-state index in [2.05, 4.69) is 29.5 Å². The number of aromatic nitrogens is 1. The summed E-state index contributed by atoms with van der Waals surface area (Å²) in [7, 11) is 1.90. The average molecular weight is 369 g/mol. The number of nitrogens with one attached hydrogen (secondary N) is 1. The lowest BCUT2D eigenvalue weighted by molar-refractivity contribution is -0.117. The summed E-state index contributed by atoms with van der Waals surface area (Å²) in [6, 6.07) is 10.1. The fourth-order valence-corrected chi connectivity index (χ4v) is 3.73. The standard InChI is InChI=1S/C20H23N3O2S/c1-13-8-14(2)20(15(3)9-13)21-19(24)12-23(4)11-16-10-17(25-22-16)18-6-5-7-26-18/h5-10H,11-12H2,1-4H3,(H,21,24). The third kappa shape index (κ3) is 4.39. The minimum absolute atomic E-state index is 0.0375. The fraction of sp³-hybridized carbons (Fsp3) is 0.300. The Morgan fingerprint density at radius 2 is 1.96 bits per heavy atom. The molecule has 26 heavy (non-hydrogen) atoms. The molecule has 6 heteroatoms. The zero-order valence-corrected chi connectivity index (χ0v) is 16.3. The molecule has 0 aliphatic carbocycles. The molecule has 0 atom stereocenters.